The molecular formula is C62H100NO8P. The molecule has 406 valence electrons. The van der Waals surface area contributed by atoms with Crippen molar-refractivity contribution in [3.05, 3.63) is 146 Å². The highest BCUT2D eigenvalue weighted by atomic mass is 31.2. The molecule has 0 rings (SSSR count). The molecule has 0 amide bonds. The number of carbonyl (C=O) groups excluding carboxylic acids is 2. The van der Waals surface area contributed by atoms with E-state index in [-0.39, 0.29) is 26.1 Å². The minimum absolute atomic E-state index is 0.0470. The van der Waals surface area contributed by atoms with Gasteiger partial charge in [-0.15, -0.1) is 0 Å². The summed E-state index contributed by atoms with van der Waals surface area (Å²) in [4.78, 5) is 37.7. The summed E-state index contributed by atoms with van der Waals surface area (Å²) in [6.07, 6.45) is 76.1. The van der Waals surface area contributed by atoms with E-state index in [0.29, 0.717) is 23.9 Å². The van der Waals surface area contributed by atoms with E-state index in [1.54, 1.807) is 0 Å². The summed E-state index contributed by atoms with van der Waals surface area (Å²) in [6.45, 7) is 3.97. The molecule has 0 N–H and O–H groups in total. The highest BCUT2D eigenvalue weighted by Gasteiger charge is 2.21. The van der Waals surface area contributed by atoms with E-state index < -0.39 is 32.5 Å². The first-order valence-corrected chi connectivity index (χ1v) is 29.0. The smallest absolute Gasteiger partial charge is 0.306 e. The van der Waals surface area contributed by atoms with Crippen LogP contribution in [-0.4, -0.2) is 70.0 Å². The van der Waals surface area contributed by atoms with Gasteiger partial charge in [-0.3, -0.25) is 14.2 Å². The molecule has 0 heterocycles. The molecule has 2 atom stereocenters. The maximum absolute atomic E-state index is 12.8. The molecule has 0 fully saturated rings. The molecule has 0 aliphatic heterocycles. The molecule has 0 saturated carbocycles. The van der Waals surface area contributed by atoms with Crippen LogP contribution in [0.4, 0.5) is 0 Å². The lowest BCUT2D eigenvalue weighted by molar-refractivity contribution is -0.870. The van der Waals surface area contributed by atoms with Gasteiger partial charge in [0.1, 0.15) is 19.8 Å². The predicted molar refractivity (Wildman–Crippen MR) is 304 cm³/mol. The van der Waals surface area contributed by atoms with Crippen molar-refractivity contribution in [2.75, 3.05) is 47.5 Å². The molecule has 10 heteroatoms. The number of unbranched alkanes of at least 4 members (excludes halogenated alkanes) is 10. The quantitative estimate of drug-likeness (QED) is 0.0195. The molecule has 9 nitrogen and oxygen atoms in total. The van der Waals surface area contributed by atoms with Crippen LogP contribution in [0.2, 0.25) is 0 Å². The van der Waals surface area contributed by atoms with Gasteiger partial charge in [0, 0.05) is 12.8 Å². The van der Waals surface area contributed by atoms with Crippen molar-refractivity contribution in [3.63, 3.8) is 0 Å². The molecule has 72 heavy (non-hydrogen) atoms. The van der Waals surface area contributed by atoms with Crippen LogP contribution in [0, 0.1) is 0 Å². The van der Waals surface area contributed by atoms with Gasteiger partial charge in [-0.1, -0.05) is 198 Å². The van der Waals surface area contributed by atoms with Crippen molar-refractivity contribution in [1.82, 2.24) is 0 Å². The van der Waals surface area contributed by atoms with E-state index in [1.165, 1.54) is 6.42 Å². The molecule has 0 radical (unpaired) electrons. The van der Waals surface area contributed by atoms with Crippen LogP contribution in [0.25, 0.3) is 0 Å². The molecule has 0 saturated heterocycles. The van der Waals surface area contributed by atoms with Crippen molar-refractivity contribution in [1.29, 1.82) is 0 Å². The highest BCUT2D eigenvalue weighted by Crippen LogP contribution is 2.38. The van der Waals surface area contributed by atoms with E-state index in [2.05, 4.69) is 160 Å². The Labute approximate surface area is 440 Å². The first kappa shape index (κ1) is 67.9. The SMILES string of the molecule is CC/C=C\C/C=C\C/C=C\C/C=C\C/C=C\C/C=C\C/C=C\C/C=C\C/C=C\C/C=C\CCCCCCC(=O)OC(COC(=O)CCCCCCC/C=C\C/C=C\CCC)COP(=O)([O-])OCC[N+](C)(C)C. The number of hydrogen-bond acceptors (Lipinski definition) is 8. The molecule has 0 aromatic carbocycles. The Morgan fingerprint density at radius 2 is 0.792 bits per heavy atom. The normalized spacial score (nSPS) is 14.5. The van der Waals surface area contributed by atoms with Gasteiger partial charge in [-0.2, -0.15) is 0 Å². The average molecular weight is 1020 g/mol. The minimum atomic E-state index is -4.65. The van der Waals surface area contributed by atoms with Crippen LogP contribution in [0.15, 0.2) is 146 Å². The van der Waals surface area contributed by atoms with Gasteiger partial charge >= 0.3 is 11.9 Å². The van der Waals surface area contributed by atoms with Gasteiger partial charge in [0.15, 0.2) is 6.10 Å². The monoisotopic (exact) mass is 1020 g/mol. The number of phosphoric acid groups is 1. The Morgan fingerprint density at radius 1 is 0.444 bits per heavy atom. The number of nitrogens with zero attached hydrogens (tertiary/aromatic N) is 1. The van der Waals surface area contributed by atoms with Crippen LogP contribution < -0.4 is 4.89 Å². The Hall–Kier alpha value is -4.11. The molecule has 0 aliphatic carbocycles. The lowest BCUT2D eigenvalue weighted by Crippen LogP contribution is -2.37. The van der Waals surface area contributed by atoms with Crippen LogP contribution in [0.3, 0.4) is 0 Å². The summed E-state index contributed by atoms with van der Waals surface area (Å²) in [5.74, 6) is -0.895. The zero-order valence-corrected chi connectivity index (χ0v) is 46.7. The summed E-state index contributed by atoms with van der Waals surface area (Å²) in [7, 11) is 1.11. The number of ether oxygens (including phenoxy) is 2. The zero-order chi connectivity index (χ0) is 52.7. The number of allylic oxidation sites excluding steroid dienone is 24. The lowest BCUT2D eigenvalue weighted by atomic mass is 10.1. The number of esters is 2. The Balaban J connectivity index is 4.26. The lowest BCUT2D eigenvalue weighted by Gasteiger charge is -2.28. The largest absolute Gasteiger partial charge is 0.756 e. The fraction of sp³-hybridized carbons (Fsp3) is 0.581. The minimum Gasteiger partial charge on any atom is -0.756 e. The Bertz CT molecular complexity index is 1720. The third-order valence-electron chi connectivity index (χ3n) is 10.8. The topological polar surface area (TPSA) is 111 Å². The van der Waals surface area contributed by atoms with E-state index in [9.17, 15) is 19.0 Å². The molecule has 0 aliphatic rings. The molecule has 0 aromatic heterocycles. The fourth-order valence-corrected chi connectivity index (χ4v) is 7.33. The van der Waals surface area contributed by atoms with Crippen LogP contribution in [0.1, 0.15) is 181 Å². The molecule has 0 aromatic rings. The third kappa shape index (κ3) is 55.2. The van der Waals surface area contributed by atoms with Crippen LogP contribution in [-0.2, 0) is 32.7 Å². The van der Waals surface area contributed by atoms with E-state index >= 15 is 0 Å². The predicted octanol–water partition coefficient (Wildman–Crippen LogP) is 16.5. The van der Waals surface area contributed by atoms with Crippen molar-refractivity contribution in [2.24, 2.45) is 0 Å². The van der Waals surface area contributed by atoms with Crippen molar-refractivity contribution in [2.45, 2.75) is 187 Å². The van der Waals surface area contributed by atoms with Gasteiger partial charge in [-0.05, 0) is 116 Å². The van der Waals surface area contributed by atoms with Gasteiger partial charge < -0.3 is 27.9 Å². The summed E-state index contributed by atoms with van der Waals surface area (Å²) in [5.41, 5.74) is 0. The number of carbonyl (C=O) groups is 2. The molecule has 2 unspecified atom stereocenters. The number of quaternary nitrogens is 1. The third-order valence-corrected chi connectivity index (χ3v) is 11.8. The molecular weight excluding hydrogens is 918 g/mol. The van der Waals surface area contributed by atoms with Crippen molar-refractivity contribution in [3.8, 4) is 0 Å². The Kier molecular flexibility index (Phi) is 48.8. The van der Waals surface area contributed by atoms with E-state index in [4.69, 9.17) is 18.5 Å². The van der Waals surface area contributed by atoms with Crippen LogP contribution >= 0.6 is 7.82 Å². The number of hydrogen-bond donors (Lipinski definition) is 0. The average Bonchev–Trinajstić information content (AvgIpc) is 3.34. The number of rotatable bonds is 48. The van der Waals surface area contributed by atoms with Gasteiger partial charge in [0.2, 0.25) is 0 Å². The number of phosphoric ester groups is 1. The number of likely N-dealkylation sites (N-methyl/N-ethyl adjacent to an activating group) is 1. The standard InChI is InChI=1S/C62H100NO8P/c1-6-8-10-12-14-16-18-20-21-22-23-24-25-26-27-28-29-30-31-32-33-34-35-36-37-38-39-40-41-43-45-47-49-51-53-55-62(65)71-60(59-70-72(66,67)69-57-56-63(3,4)5)58-68-61(64)54-52-50-48-46-44-42-19-17-15-13-11-9-7-2/h8,10-11,13-14,16-17,19-21,23-24,26-27,29-30,32-33,35-36,38-39,41,43,60H,6-7,9,12,15,18,22,25,28,31,34,37,40,42,44-59H2,1-5H3/b10-8-,13-11-,16-14-,19-17-,21-20-,24-23-,27-26-,30-29-,33-32-,36-35-,39-38-,43-41-. The second kappa shape index (κ2) is 51.8. The Morgan fingerprint density at radius 3 is 1.18 bits per heavy atom. The van der Waals surface area contributed by atoms with Crippen LogP contribution in [0.5, 0.6) is 0 Å². The highest BCUT2D eigenvalue weighted by molar-refractivity contribution is 7.45. The van der Waals surface area contributed by atoms with E-state index in [0.717, 1.165) is 135 Å². The maximum Gasteiger partial charge on any atom is 0.306 e. The second-order valence-corrected chi connectivity index (χ2v) is 20.3. The van der Waals surface area contributed by atoms with Gasteiger partial charge in [-0.25, -0.2) is 0 Å². The second-order valence-electron chi connectivity index (χ2n) is 18.9. The van der Waals surface area contributed by atoms with Crippen molar-refractivity contribution >= 4 is 19.8 Å². The maximum atomic E-state index is 12.8. The van der Waals surface area contributed by atoms with Crippen molar-refractivity contribution < 1.29 is 42.1 Å². The van der Waals surface area contributed by atoms with Gasteiger partial charge in [0.25, 0.3) is 7.82 Å². The summed E-state index contributed by atoms with van der Waals surface area (Å²) >= 11 is 0. The fourth-order valence-electron chi connectivity index (χ4n) is 6.60. The first-order valence-electron chi connectivity index (χ1n) is 27.5. The zero-order valence-electron chi connectivity index (χ0n) is 45.8. The van der Waals surface area contributed by atoms with E-state index in [1.807, 2.05) is 21.1 Å². The first-order chi connectivity index (χ1) is 35.0. The summed E-state index contributed by atoms with van der Waals surface area (Å²) in [5, 5.41) is 0. The summed E-state index contributed by atoms with van der Waals surface area (Å²) < 4.78 is 34.0. The molecule has 0 bridgehead atoms. The summed E-state index contributed by atoms with van der Waals surface area (Å²) in [6, 6.07) is 0. The van der Waals surface area contributed by atoms with Gasteiger partial charge in [0.05, 0.1) is 27.7 Å². The molecule has 0 spiro atoms.